The molecule has 0 unspecified atom stereocenters. The lowest BCUT2D eigenvalue weighted by Crippen LogP contribution is -2.19. The number of halogens is 1. The van der Waals surface area contributed by atoms with Gasteiger partial charge in [0.15, 0.2) is 5.57 Å². The predicted molar refractivity (Wildman–Crippen MR) is 80.9 cm³/mol. The number of benzene rings is 1. The van der Waals surface area contributed by atoms with Crippen LogP contribution in [0.15, 0.2) is 40.9 Å². The van der Waals surface area contributed by atoms with E-state index in [2.05, 4.69) is 0 Å². The highest BCUT2D eigenvalue weighted by Crippen LogP contribution is 2.19. The van der Waals surface area contributed by atoms with E-state index in [1.807, 2.05) is 30.3 Å². The van der Waals surface area contributed by atoms with Crippen LogP contribution in [0.25, 0.3) is 0 Å². The monoisotopic (exact) mass is 310 g/mol. The number of hydrogen-bond acceptors (Lipinski definition) is 4. The van der Waals surface area contributed by atoms with Crippen LogP contribution in [0.1, 0.15) is 25.8 Å². The highest BCUT2D eigenvalue weighted by molar-refractivity contribution is 6.35. The van der Waals surface area contributed by atoms with Crippen molar-refractivity contribution in [2.24, 2.45) is 0 Å². The first-order valence-electron chi connectivity index (χ1n) is 6.86. The Labute approximate surface area is 129 Å². The standard InChI is InChI=1S/C16H19ClO4/c1-3-20-15(18)14(16(19)21-4-2)13(17)11-10-12-8-6-5-7-9-12/h5-9H,3-4,10-11H2,1-2H3. The van der Waals surface area contributed by atoms with Gasteiger partial charge in [0.1, 0.15) is 0 Å². The molecule has 0 aliphatic heterocycles. The average molecular weight is 311 g/mol. The molecule has 4 nitrogen and oxygen atoms in total. The summed E-state index contributed by atoms with van der Waals surface area (Å²) in [5, 5.41) is 0.163. The second kappa shape index (κ2) is 9.19. The molecule has 0 radical (unpaired) electrons. The molecule has 1 rings (SSSR count). The third-order valence-corrected chi connectivity index (χ3v) is 3.08. The smallest absolute Gasteiger partial charge is 0.346 e. The van der Waals surface area contributed by atoms with E-state index >= 15 is 0 Å². The molecule has 0 aliphatic rings. The van der Waals surface area contributed by atoms with Gasteiger partial charge in [0.25, 0.3) is 0 Å². The second-order valence-electron chi connectivity index (χ2n) is 4.21. The van der Waals surface area contributed by atoms with Crippen molar-refractivity contribution in [3.8, 4) is 0 Å². The van der Waals surface area contributed by atoms with Crippen molar-refractivity contribution in [2.45, 2.75) is 26.7 Å². The number of esters is 2. The molecule has 1 aromatic rings. The van der Waals surface area contributed by atoms with Gasteiger partial charge in [-0.25, -0.2) is 9.59 Å². The number of allylic oxidation sites excluding steroid dienone is 1. The van der Waals surface area contributed by atoms with Crippen molar-refractivity contribution in [1.82, 2.24) is 0 Å². The maximum Gasteiger partial charge on any atom is 0.346 e. The van der Waals surface area contributed by atoms with Crippen molar-refractivity contribution in [2.75, 3.05) is 13.2 Å². The fourth-order valence-corrected chi connectivity index (χ4v) is 1.98. The number of aryl methyl sites for hydroxylation is 1. The van der Waals surface area contributed by atoms with Crippen LogP contribution >= 0.6 is 11.6 Å². The Kier molecular flexibility index (Phi) is 7.54. The zero-order valence-corrected chi connectivity index (χ0v) is 13.0. The molecule has 0 N–H and O–H groups in total. The third kappa shape index (κ3) is 5.60. The van der Waals surface area contributed by atoms with Gasteiger partial charge >= 0.3 is 11.9 Å². The average Bonchev–Trinajstić information content (AvgIpc) is 2.47. The summed E-state index contributed by atoms with van der Waals surface area (Å²) in [6.07, 6.45) is 1.00. The molecule has 0 fully saturated rings. The van der Waals surface area contributed by atoms with Crippen LogP contribution < -0.4 is 0 Å². The molecule has 21 heavy (non-hydrogen) atoms. The van der Waals surface area contributed by atoms with Crippen molar-refractivity contribution < 1.29 is 19.1 Å². The number of carbonyl (C=O) groups is 2. The summed E-state index contributed by atoms with van der Waals surface area (Å²) in [6, 6.07) is 9.68. The molecule has 0 aliphatic carbocycles. The van der Waals surface area contributed by atoms with Crippen LogP contribution in [0.4, 0.5) is 0 Å². The predicted octanol–water partition coefficient (Wildman–Crippen LogP) is 3.24. The van der Waals surface area contributed by atoms with E-state index < -0.39 is 11.9 Å². The Bertz CT molecular complexity index is 488. The summed E-state index contributed by atoms with van der Waals surface area (Å²) in [7, 11) is 0. The molecule has 0 heterocycles. The van der Waals surface area contributed by atoms with Gasteiger partial charge in [-0.2, -0.15) is 0 Å². The van der Waals surface area contributed by atoms with E-state index in [1.54, 1.807) is 13.8 Å². The van der Waals surface area contributed by atoms with Crippen LogP contribution in [0.3, 0.4) is 0 Å². The van der Waals surface area contributed by atoms with Gasteiger partial charge in [-0.15, -0.1) is 0 Å². The van der Waals surface area contributed by atoms with Crippen LogP contribution in [0.5, 0.6) is 0 Å². The minimum Gasteiger partial charge on any atom is -0.462 e. The van der Waals surface area contributed by atoms with E-state index in [-0.39, 0.29) is 23.8 Å². The van der Waals surface area contributed by atoms with Gasteiger partial charge < -0.3 is 9.47 Å². The van der Waals surface area contributed by atoms with Crippen molar-refractivity contribution in [3.05, 3.63) is 46.5 Å². The summed E-state index contributed by atoms with van der Waals surface area (Å²) >= 11 is 6.14. The Morgan fingerprint density at radius 1 is 1.00 bits per heavy atom. The first-order valence-corrected chi connectivity index (χ1v) is 7.24. The largest absolute Gasteiger partial charge is 0.462 e. The summed E-state index contributed by atoms with van der Waals surface area (Å²) in [4.78, 5) is 23.7. The van der Waals surface area contributed by atoms with Gasteiger partial charge in [0.05, 0.1) is 13.2 Å². The number of hydrogen-bond donors (Lipinski definition) is 0. The van der Waals surface area contributed by atoms with E-state index in [4.69, 9.17) is 21.1 Å². The van der Waals surface area contributed by atoms with E-state index in [9.17, 15) is 9.59 Å². The minimum atomic E-state index is -0.742. The Morgan fingerprint density at radius 3 is 2.00 bits per heavy atom. The molecule has 0 bridgehead atoms. The molecule has 1 aromatic carbocycles. The van der Waals surface area contributed by atoms with Crippen LogP contribution in [-0.4, -0.2) is 25.2 Å². The Morgan fingerprint density at radius 2 is 1.52 bits per heavy atom. The molecular formula is C16H19ClO4. The summed E-state index contributed by atoms with van der Waals surface area (Å²) in [5.74, 6) is -1.48. The highest BCUT2D eigenvalue weighted by Gasteiger charge is 2.25. The maximum atomic E-state index is 11.8. The minimum absolute atomic E-state index is 0.163. The number of carbonyl (C=O) groups excluding carboxylic acids is 2. The van der Waals surface area contributed by atoms with Crippen LogP contribution in [0, 0.1) is 0 Å². The summed E-state index contributed by atoms with van der Waals surface area (Å²) in [6.45, 7) is 3.67. The fourth-order valence-electron chi connectivity index (χ4n) is 1.74. The first-order chi connectivity index (χ1) is 10.1. The van der Waals surface area contributed by atoms with E-state index in [1.165, 1.54) is 0 Å². The first kappa shape index (κ1) is 17.2. The number of rotatable bonds is 7. The van der Waals surface area contributed by atoms with Gasteiger partial charge in [-0.05, 0) is 32.3 Å². The molecule has 5 heteroatoms. The molecule has 114 valence electrons. The summed E-state index contributed by atoms with van der Waals surface area (Å²) in [5.41, 5.74) is 0.860. The SMILES string of the molecule is CCOC(=O)C(C(=O)OCC)=C(Cl)CCc1ccccc1. The van der Waals surface area contributed by atoms with Crippen LogP contribution in [-0.2, 0) is 25.5 Å². The van der Waals surface area contributed by atoms with Crippen LogP contribution in [0.2, 0.25) is 0 Å². The maximum absolute atomic E-state index is 11.8. The molecule has 0 atom stereocenters. The Balaban J connectivity index is 2.87. The van der Waals surface area contributed by atoms with Gasteiger partial charge in [0.2, 0.25) is 0 Å². The lowest BCUT2D eigenvalue weighted by molar-refractivity contribution is -0.146. The zero-order valence-electron chi connectivity index (χ0n) is 12.2. The quantitative estimate of drug-likeness (QED) is 0.336. The topological polar surface area (TPSA) is 52.6 Å². The third-order valence-electron chi connectivity index (χ3n) is 2.71. The van der Waals surface area contributed by atoms with Gasteiger partial charge in [0, 0.05) is 5.03 Å². The molecular weight excluding hydrogens is 292 g/mol. The Hall–Kier alpha value is -1.81. The highest BCUT2D eigenvalue weighted by atomic mass is 35.5. The molecule has 0 saturated heterocycles. The number of ether oxygens (including phenoxy) is 2. The molecule has 0 amide bonds. The molecule has 0 spiro atoms. The van der Waals surface area contributed by atoms with Crippen molar-refractivity contribution >= 4 is 23.5 Å². The molecule has 0 saturated carbocycles. The summed E-state index contributed by atoms with van der Waals surface area (Å²) < 4.78 is 9.73. The lowest BCUT2D eigenvalue weighted by atomic mass is 10.1. The van der Waals surface area contributed by atoms with Crippen molar-refractivity contribution in [1.29, 1.82) is 0 Å². The normalized spacial score (nSPS) is 9.86. The zero-order chi connectivity index (χ0) is 15.7. The van der Waals surface area contributed by atoms with Crippen molar-refractivity contribution in [3.63, 3.8) is 0 Å². The van der Waals surface area contributed by atoms with E-state index in [0.29, 0.717) is 12.8 Å². The van der Waals surface area contributed by atoms with E-state index in [0.717, 1.165) is 5.56 Å². The van der Waals surface area contributed by atoms with Gasteiger partial charge in [-0.3, -0.25) is 0 Å². The van der Waals surface area contributed by atoms with Gasteiger partial charge in [-0.1, -0.05) is 41.9 Å². The molecule has 0 aromatic heterocycles. The fraction of sp³-hybridized carbons (Fsp3) is 0.375. The lowest BCUT2D eigenvalue weighted by Gasteiger charge is -2.09. The second-order valence-corrected chi connectivity index (χ2v) is 4.66.